The van der Waals surface area contributed by atoms with E-state index in [0.717, 1.165) is 65.0 Å². The first kappa shape index (κ1) is 14.4. The molecule has 1 aliphatic heterocycles. The van der Waals surface area contributed by atoms with Crippen molar-refractivity contribution in [2.24, 2.45) is 0 Å². The molecule has 0 radical (unpaired) electrons. The normalized spacial score (nSPS) is 15.3. The number of anilines is 2. The van der Waals surface area contributed by atoms with E-state index < -0.39 is 0 Å². The summed E-state index contributed by atoms with van der Waals surface area (Å²) < 4.78 is 6.60. The largest absolute Gasteiger partial charge is 0.398 e. The van der Waals surface area contributed by atoms with E-state index in [0.29, 0.717) is 0 Å². The first-order chi connectivity index (χ1) is 11.2. The molecule has 1 aliphatic rings. The van der Waals surface area contributed by atoms with Crippen molar-refractivity contribution in [2.45, 2.75) is 6.92 Å². The van der Waals surface area contributed by atoms with Crippen LogP contribution >= 0.6 is 11.3 Å². The summed E-state index contributed by atoms with van der Waals surface area (Å²) in [5.74, 6) is 1.74. The summed E-state index contributed by atoms with van der Waals surface area (Å²) in [5.41, 5.74) is 9.82. The monoisotopic (exact) mass is 326 g/mol. The van der Waals surface area contributed by atoms with Crippen molar-refractivity contribution in [1.82, 2.24) is 9.97 Å². The Labute approximate surface area is 138 Å². The second-order valence-corrected chi connectivity index (χ2v) is 6.54. The minimum absolute atomic E-state index is 0.738. The lowest BCUT2D eigenvalue weighted by molar-refractivity contribution is 0.122. The molecule has 3 heterocycles. The third-order valence-electron chi connectivity index (χ3n) is 4.21. The van der Waals surface area contributed by atoms with Crippen LogP contribution in [0.4, 0.5) is 11.5 Å². The van der Waals surface area contributed by atoms with Crippen LogP contribution in [0.3, 0.4) is 0 Å². The minimum atomic E-state index is 0.738. The lowest BCUT2D eigenvalue weighted by Gasteiger charge is -2.28. The van der Waals surface area contributed by atoms with Gasteiger partial charge in [-0.05, 0) is 30.0 Å². The molecule has 5 nitrogen and oxygen atoms in total. The van der Waals surface area contributed by atoms with Crippen molar-refractivity contribution in [2.75, 3.05) is 36.9 Å². The van der Waals surface area contributed by atoms with Crippen LogP contribution in [0.2, 0.25) is 0 Å². The van der Waals surface area contributed by atoms with Gasteiger partial charge in [-0.3, -0.25) is 0 Å². The maximum atomic E-state index is 6.05. The second-order valence-electron chi connectivity index (χ2n) is 5.63. The van der Waals surface area contributed by atoms with E-state index in [1.54, 1.807) is 11.3 Å². The zero-order valence-electron chi connectivity index (χ0n) is 13.0. The van der Waals surface area contributed by atoms with Gasteiger partial charge in [0.15, 0.2) is 11.6 Å². The molecule has 2 aromatic heterocycles. The molecule has 23 heavy (non-hydrogen) atoms. The van der Waals surface area contributed by atoms with Crippen LogP contribution in [0, 0.1) is 6.92 Å². The first-order valence-electron chi connectivity index (χ1n) is 7.67. The lowest BCUT2D eigenvalue weighted by Crippen LogP contribution is -2.36. The standard InChI is InChI=1S/C17H18N4OS/c1-11-12(3-2-4-13(11)18)16-19-14-5-10-23-15(14)17(20-16)21-6-8-22-9-7-21/h2-5,10H,6-9,18H2,1H3. The summed E-state index contributed by atoms with van der Waals surface area (Å²) in [7, 11) is 0. The Morgan fingerprint density at radius 2 is 2.00 bits per heavy atom. The number of fused-ring (bicyclic) bond motifs is 1. The number of nitrogen functional groups attached to an aromatic ring is 1. The van der Waals surface area contributed by atoms with Gasteiger partial charge in [0.2, 0.25) is 0 Å². The van der Waals surface area contributed by atoms with E-state index in [9.17, 15) is 0 Å². The number of benzene rings is 1. The second kappa shape index (κ2) is 5.79. The molecule has 1 saturated heterocycles. The summed E-state index contributed by atoms with van der Waals surface area (Å²) in [6.45, 7) is 5.21. The number of hydrogen-bond acceptors (Lipinski definition) is 6. The smallest absolute Gasteiger partial charge is 0.162 e. The number of nitrogens with zero attached hydrogens (tertiary/aromatic N) is 3. The predicted molar refractivity (Wildman–Crippen MR) is 95.0 cm³/mol. The fraction of sp³-hybridized carbons (Fsp3) is 0.294. The minimum Gasteiger partial charge on any atom is -0.398 e. The van der Waals surface area contributed by atoms with Crippen LogP contribution in [0.15, 0.2) is 29.6 Å². The number of ether oxygens (including phenoxy) is 1. The van der Waals surface area contributed by atoms with Crippen molar-refractivity contribution in [3.63, 3.8) is 0 Å². The van der Waals surface area contributed by atoms with Gasteiger partial charge < -0.3 is 15.4 Å². The Kier molecular flexibility index (Phi) is 3.63. The van der Waals surface area contributed by atoms with Crippen molar-refractivity contribution in [1.29, 1.82) is 0 Å². The number of rotatable bonds is 2. The summed E-state index contributed by atoms with van der Waals surface area (Å²) in [6, 6.07) is 7.94. The van der Waals surface area contributed by atoms with Gasteiger partial charge in [-0.25, -0.2) is 9.97 Å². The van der Waals surface area contributed by atoms with Crippen molar-refractivity contribution in [3.05, 3.63) is 35.2 Å². The van der Waals surface area contributed by atoms with E-state index in [-0.39, 0.29) is 0 Å². The molecule has 2 N–H and O–H groups in total. The van der Waals surface area contributed by atoms with Gasteiger partial charge in [0.05, 0.1) is 23.4 Å². The van der Waals surface area contributed by atoms with Crippen LogP contribution < -0.4 is 10.6 Å². The molecule has 0 atom stereocenters. The maximum Gasteiger partial charge on any atom is 0.162 e. The lowest BCUT2D eigenvalue weighted by atomic mass is 10.1. The third-order valence-corrected chi connectivity index (χ3v) is 5.11. The predicted octanol–water partition coefficient (Wildman–Crippen LogP) is 3.09. The number of hydrogen-bond donors (Lipinski definition) is 1. The topological polar surface area (TPSA) is 64.3 Å². The Morgan fingerprint density at radius 1 is 1.17 bits per heavy atom. The quantitative estimate of drug-likeness (QED) is 0.733. The maximum absolute atomic E-state index is 6.05. The zero-order valence-corrected chi connectivity index (χ0v) is 13.8. The van der Waals surface area contributed by atoms with Gasteiger partial charge in [-0.15, -0.1) is 11.3 Å². The van der Waals surface area contributed by atoms with E-state index in [4.69, 9.17) is 20.4 Å². The molecule has 0 unspecified atom stereocenters. The van der Waals surface area contributed by atoms with E-state index in [1.807, 2.05) is 25.1 Å². The Morgan fingerprint density at radius 3 is 2.83 bits per heavy atom. The molecule has 4 rings (SSSR count). The van der Waals surface area contributed by atoms with Gasteiger partial charge in [-0.1, -0.05) is 12.1 Å². The average molecular weight is 326 g/mol. The Balaban J connectivity index is 1.89. The van der Waals surface area contributed by atoms with Gasteiger partial charge >= 0.3 is 0 Å². The van der Waals surface area contributed by atoms with Crippen LogP contribution in [0.5, 0.6) is 0 Å². The number of morpholine rings is 1. The SMILES string of the molecule is Cc1c(N)cccc1-c1nc(N2CCOCC2)c2sccc2n1. The van der Waals surface area contributed by atoms with Crippen LogP contribution in [0.25, 0.3) is 21.6 Å². The summed E-state index contributed by atoms with van der Waals surface area (Å²) in [6.07, 6.45) is 0. The average Bonchev–Trinajstić information content (AvgIpc) is 3.06. The number of aromatic nitrogens is 2. The molecule has 6 heteroatoms. The van der Waals surface area contributed by atoms with E-state index in [2.05, 4.69) is 16.3 Å². The molecule has 0 bridgehead atoms. The van der Waals surface area contributed by atoms with E-state index >= 15 is 0 Å². The van der Waals surface area contributed by atoms with Gasteiger partial charge in [-0.2, -0.15) is 0 Å². The highest BCUT2D eigenvalue weighted by Gasteiger charge is 2.19. The number of thiophene rings is 1. The van der Waals surface area contributed by atoms with E-state index in [1.165, 1.54) is 0 Å². The third kappa shape index (κ3) is 2.54. The van der Waals surface area contributed by atoms with Gasteiger partial charge in [0.25, 0.3) is 0 Å². The van der Waals surface area contributed by atoms with Crippen LogP contribution in [0.1, 0.15) is 5.56 Å². The van der Waals surface area contributed by atoms with Crippen LogP contribution in [-0.4, -0.2) is 36.3 Å². The summed E-state index contributed by atoms with van der Waals surface area (Å²) >= 11 is 1.69. The van der Waals surface area contributed by atoms with Crippen molar-refractivity contribution >= 4 is 33.1 Å². The first-order valence-corrected chi connectivity index (χ1v) is 8.55. The van der Waals surface area contributed by atoms with Gasteiger partial charge in [0.1, 0.15) is 0 Å². The van der Waals surface area contributed by atoms with Crippen molar-refractivity contribution < 1.29 is 4.74 Å². The summed E-state index contributed by atoms with van der Waals surface area (Å²) in [4.78, 5) is 11.9. The summed E-state index contributed by atoms with van der Waals surface area (Å²) in [5, 5.41) is 2.07. The molecule has 0 aliphatic carbocycles. The van der Waals surface area contributed by atoms with Crippen molar-refractivity contribution in [3.8, 4) is 11.4 Å². The van der Waals surface area contributed by atoms with Crippen LogP contribution in [-0.2, 0) is 4.74 Å². The highest BCUT2D eigenvalue weighted by atomic mass is 32.1. The molecule has 3 aromatic rings. The molecule has 0 amide bonds. The Bertz CT molecular complexity index is 855. The molecule has 0 spiro atoms. The fourth-order valence-corrected chi connectivity index (χ4v) is 3.70. The number of nitrogens with two attached hydrogens (primary N) is 1. The Hall–Kier alpha value is -2.18. The molecular formula is C17H18N4OS. The molecular weight excluding hydrogens is 308 g/mol. The zero-order chi connectivity index (χ0) is 15.8. The van der Waals surface area contributed by atoms with Gasteiger partial charge in [0, 0.05) is 24.3 Å². The molecule has 118 valence electrons. The highest BCUT2D eigenvalue weighted by molar-refractivity contribution is 7.17. The molecule has 1 fully saturated rings. The highest BCUT2D eigenvalue weighted by Crippen LogP contribution is 2.33. The fourth-order valence-electron chi connectivity index (χ4n) is 2.85. The molecule has 1 aromatic carbocycles. The molecule has 0 saturated carbocycles.